The number of rotatable bonds is 11. The van der Waals surface area contributed by atoms with Gasteiger partial charge >= 0.3 is 0 Å². The van der Waals surface area contributed by atoms with Crippen molar-refractivity contribution < 1.29 is 23.7 Å². The van der Waals surface area contributed by atoms with E-state index in [1.165, 1.54) is 11.8 Å². The molecule has 2 heterocycles. The van der Waals surface area contributed by atoms with Crippen LogP contribution in [0.5, 0.6) is 23.0 Å². The highest BCUT2D eigenvalue weighted by Crippen LogP contribution is 2.32. The molecule has 0 atom stereocenters. The van der Waals surface area contributed by atoms with E-state index >= 15 is 0 Å². The number of methoxy groups -OCH3 is 2. The number of amides is 1. The monoisotopic (exact) mass is 530 g/mol. The Morgan fingerprint density at radius 1 is 1.06 bits per heavy atom. The molecular weight excluding hydrogens is 504 g/mol. The molecule has 1 aromatic heterocycles. The molecule has 0 bridgehead atoms. The van der Waals surface area contributed by atoms with Gasteiger partial charge in [-0.2, -0.15) is 0 Å². The van der Waals surface area contributed by atoms with Gasteiger partial charge in [0.05, 0.1) is 20.0 Å². The number of aromatic nitrogens is 2. The minimum absolute atomic E-state index is 0.135. The minimum atomic E-state index is -0.135. The number of anilines is 1. The van der Waals surface area contributed by atoms with Gasteiger partial charge < -0.3 is 29.2 Å². The number of nitrogens with one attached hydrogen (secondary N) is 1. The van der Waals surface area contributed by atoms with Crippen molar-refractivity contribution in [2.24, 2.45) is 0 Å². The number of hydrogen-bond acceptors (Lipinski definition) is 9. The van der Waals surface area contributed by atoms with Crippen molar-refractivity contribution in [3.05, 3.63) is 58.7 Å². The second-order valence-electron chi connectivity index (χ2n) is 7.95. The van der Waals surface area contributed by atoms with Crippen LogP contribution >= 0.6 is 23.4 Å². The Balaban J connectivity index is 1.29. The Morgan fingerprint density at radius 2 is 1.83 bits per heavy atom. The zero-order valence-electron chi connectivity index (χ0n) is 20.2. The molecule has 0 fully saturated rings. The Morgan fingerprint density at radius 3 is 2.64 bits per heavy atom. The van der Waals surface area contributed by atoms with Gasteiger partial charge in [-0.05, 0) is 41.8 Å². The number of halogens is 1. The molecule has 190 valence electrons. The normalized spacial score (nSPS) is 11.8. The van der Waals surface area contributed by atoms with E-state index in [-0.39, 0.29) is 18.5 Å². The number of carbonyl (C=O) groups excluding carboxylic acids is 1. The molecule has 3 aromatic rings. The molecule has 4 rings (SSSR count). The number of likely N-dealkylation sites (N-methyl/N-ethyl adjacent to an activating group) is 1. The van der Waals surface area contributed by atoms with Crippen LogP contribution in [0, 0.1) is 0 Å². The molecule has 0 aliphatic carbocycles. The first kappa shape index (κ1) is 25.7. The minimum Gasteiger partial charge on any atom is -0.493 e. The van der Waals surface area contributed by atoms with E-state index in [0.717, 1.165) is 17.5 Å². The van der Waals surface area contributed by atoms with Gasteiger partial charge in [0.2, 0.25) is 12.7 Å². The molecule has 0 spiro atoms. The first-order chi connectivity index (χ1) is 17.4. The molecule has 0 saturated carbocycles. The lowest BCUT2D eigenvalue weighted by Crippen LogP contribution is -2.25. The van der Waals surface area contributed by atoms with E-state index in [1.807, 2.05) is 48.3 Å². The summed E-state index contributed by atoms with van der Waals surface area (Å²) in [5.41, 5.74) is 2.03. The molecule has 36 heavy (non-hydrogen) atoms. The zero-order valence-corrected chi connectivity index (χ0v) is 21.8. The van der Waals surface area contributed by atoms with Crippen molar-refractivity contribution in [1.29, 1.82) is 0 Å². The van der Waals surface area contributed by atoms with E-state index in [4.69, 9.17) is 30.5 Å². The Labute approximate surface area is 219 Å². The fourth-order valence-electron chi connectivity index (χ4n) is 3.53. The topological polar surface area (TPSA) is 95.0 Å². The van der Waals surface area contributed by atoms with Crippen molar-refractivity contribution >= 4 is 35.1 Å². The van der Waals surface area contributed by atoms with E-state index in [1.54, 1.807) is 20.3 Å². The van der Waals surface area contributed by atoms with Gasteiger partial charge in [0.25, 0.3) is 0 Å². The maximum atomic E-state index is 12.4. The van der Waals surface area contributed by atoms with Crippen LogP contribution in [0.4, 0.5) is 5.82 Å². The van der Waals surface area contributed by atoms with Crippen LogP contribution in [0.15, 0.2) is 47.6 Å². The Hall–Kier alpha value is -3.37. The molecule has 0 saturated heterocycles. The summed E-state index contributed by atoms with van der Waals surface area (Å²) in [6.07, 6.45) is 0.767. The lowest BCUT2D eigenvalue weighted by atomic mass is 10.1. The highest BCUT2D eigenvalue weighted by atomic mass is 35.5. The predicted molar refractivity (Wildman–Crippen MR) is 139 cm³/mol. The number of fused-ring (bicyclic) bond motifs is 1. The van der Waals surface area contributed by atoms with Crippen molar-refractivity contribution in [1.82, 2.24) is 15.3 Å². The first-order valence-corrected chi connectivity index (χ1v) is 12.6. The third-order valence-electron chi connectivity index (χ3n) is 5.49. The highest BCUT2D eigenvalue weighted by molar-refractivity contribution is 7.99. The van der Waals surface area contributed by atoms with Gasteiger partial charge in [0.1, 0.15) is 11.0 Å². The fourth-order valence-corrected chi connectivity index (χ4v) is 4.44. The molecular formula is C25H27ClN4O5S. The van der Waals surface area contributed by atoms with E-state index in [9.17, 15) is 4.79 Å². The molecule has 0 unspecified atom stereocenters. The van der Waals surface area contributed by atoms with Crippen LogP contribution in [0.25, 0.3) is 0 Å². The average molecular weight is 531 g/mol. The van der Waals surface area contributed by atoms with Crippen molar-refractivity contribution in [3.8, 4) is 23.0 Å². The maximum absolute atomic E-state index is 12.4. The number of nitrogens with zero attached hydrogens (tertiary/aromatic N) is 3. The summed E-state index contributed by atoms with van der Waals surface area (Å²) >= 11 is 7.48. The number of thioether (sulfide) groups is 1. The third-order valence-corrected chi connectivity index (χ3v) is 6.54. The summed E-state index contributed by atoms with van der Waals surface area (Å²) in [5.74, 6) is 3.49. The molecule has 11 heteroatoms. The second kappa shape index (κ2) is 12.0. The Bertz CT molecular complexity index is 1230. The molecule has 0 radical (unpaired) electrons. The molecule has 1 aliphatic heterocycles. The van der Waals surface area contributed by atoms with E-state index in [2.05, 4.69) is 15.3 Å². The third kappa shape index (κ3) is 6.64. The second-order valence-corrected chi connectivity index (χ2v) is 9.28. The van der Waals surface area contributed by atoms with Gasteiger partial charge in [0.15, 0.2) is 28.2 Å². The number of carbonyl (C=O) groups is 1. The molecule has 1 N–H and O–H groups in total. The summed E-state index contributed by atoms with van der Waals surface area (Å²) in [4.78, 5) is 23.2. The van der Waals surface area contributed by atoms with Crippen LogP contribution in [-0.4, -0.2) is 56.2 Å². The quantitative estimate of drug-likeness (QED) is 0.224. The summed E-state index contributed by atoms with van der Waals surface area (Å²) < 4.78 is 21.4. The molecule has 1 aliphatic rings. The lowest BCUT2D eigenvalue weighted by molar-refractivity contribution is -0.118. The lowest BCUT2D eigenvalue weighted by Gasteiger charge is -2.19. The van der Waals surface area contributed by atoms with Gasteiger partial charge in [-0.3, -0.25) is 4.79 Å². The fraction of sp³-hybridized carbons (Fsp3) is 0.320. The van der Waals surface area contributed by atoms with Gasteiger partial charge in [0, 0.05) is 26.2 Å². The van der Waals surface area contributed by atoms with Crippen molar-refractivity contribution in [3.63, 3.8) is 0 Å². The largest absolute Gasteiger partial charge is 0.493 e. The van der Waals surface area contributed by atoms with Gasteiger partial charge in [-0.15, -0.1) is 0 Å². The predicted octanol–water partition coefficient (Wildman–Crippen LogP) is 3.96. The Kier molecular flexibility index (Phi) is 8.61. The number of ether oxygens (including phenoxy) is 4. The van der Waals surface area contributed by atoms with Crippen LogP contribution in [0.1, 0.15) is 11.1 Å². The van der Waals surface area contributed by atoms with E-state index in [0.29, 0.717) is 52.2 Å². The average Bonchev–Trinajstić information content (AvgIpc) is 3.36. The number of hydrogen-bond donors (Lipinski definition) is 1. The summed E-state index contributed by atoms with van der Waals surface area (Å²) in [6.45, 7) is 1.30. The zero-order chi connectivity index (χ0) is 25.5. The maximum Gasteiger partial charge on any atom is 0.231 e. The summed E-state index contributed by atoms with van der Waals surface area (Å²) in [5, 5.41) is 3.65. The molecule has 9 nitrogen and oxygen atoms in total. The molecule has 2 aromatic carbocycles. The summed E-state index contributed by atoms with van der Waals surface area (Å²) in [6, 6.07) is 13.2. The summed E-state index contributed by atoms with van der Waals surface area (Å²) in [7, 11) is 5.17. The van der Waals surface area contributed by atoms with Crippen LogP contribution in [-0.2, 0) is 17.8 Å². The van der Waals surface area contributed by atoms with Crippen LogP contribution < -0.4 is 29.2 Å². The standard InChI is InChI=1S/C25H27ClN4O5S/c1-30(9-8-16-4-6-18(32-2)20(10-16)33-3)23-12-22(26)28-25(29-23)36-14-24(31)27-13-17-5-7-19-21(11-17)35-15-34-19/h4-7,10-12H,8-9,13-15H2,1-3H3,(H,27,31). The highest BCUT2D eigenvalue weighted by Gasteiger charge is 2.14. The first-order valence-electron chi connectivity index (χ1n) is 11.2. The van der Waals surface area contributed by atoms with Crippen molar-refractivity contribution in [2.75, 3.05) is 45.3 Å². The van der Waals surface area contributed by atoms with Crippen LogP contribution in [0.2, 0.25) is 5.15 Å². The molecule has 1 amide bonds. The van der Waals surface area contributed by atoms with Crippen molar-refractivity contribution in [2.45, 2.75) is 18.1 Å². The smallest absolute Gasteiger partial charge is 0.231 e. The van der Waals surface area contributed by atoms with E-state index < -0.39 is 0 Å². The van der Waals surface area contributed by atoms with Gasteiger partial charge in [-0.1, -0.05) is 35.5 Å². The van der Waals surface area contributed by atoms with Crippen LogP contribution in [0.3, 0.4) is 0 Å². The SMILES string of the molecule is COc1ccc(CCN(C)c2cc(Cl)nc(SCC(=O)NCc3ccc4c(c3)OCO4)n2)cc1OC. The number of benzene rings is 2. The van der Waals surface area contributed by atoms with Gasteiger partial charge in [-0.25, -0.2) is 9.97 Å².